The second kappa shape index (κ2) is 5.62. The third-order valence-electron chi connectivity index (χ3n) is 2.94. The van der Waals surface area contributed by atoms with Crippen LogP contribution in [0.15, 0.2) is 51.6 Å². The van der Waals surface area contributed by atoms with Gasteiger partial charge in [0.05, 0.1) is 12.8 Å². The maximum Gasteiger partial charge on any atom is 0.246 e. The lowest BCUT2D eigenvalue weighted by atomic mass is 10.1. The Hall–Kier alpha value is -2.89. The summed E-state index contributed by atoms with van der Waals surface area (Å²) in [5.41, 5.74) is 1.55. The fourth-order valence-electron chi connectivity index (χ4n) is 1.83. The fraction of sp³-hybridized carbons (Fsp3) is 0.133. The molecule has 0 unspecified atom stereocenters. The Morgan fingerprint density at radius 3 is 2.71 bits per heavy atom. The van der Waals surface area contributed by atoms with E-state index in [1.165, 1.54) is 6.92 Å². The molecule has 0 spiro atoms. The average Bonchev–Trinajstić information content (AvgIpc) is 3.16. The van der Waals surface area contributed by atoms with Gasteiger partial charge in [0.15, 0.2) is 11.5 Å². The minimum atomic E-state index is 0.0431. The van der Waals surface area contributed by atoms with Gasteiger partial charge in [0, 0.05) is 11.3 Å². The predicted molar refractivity (Wildman–Crippen MR) is 75.8 cm³/mol. The summed E-state index contributed by atoms with van der Waals surface area (Å²) in [7, 11) is 0. The average molecular weight is 283 g/mol. The van der Waals surface area contributed by atoms with E-state index in [1.54, 1.807) is 30.5 Å². The third kappa shape index (κ3) is 3.00. The normalized spacial score (nSPS) is 10.5. The van der Waals surface area contributed by atoms with Crippen LogP contribution in [0.5, 0.6) is 0 Å². The predicted octanol–water partition coefficient (Wildman–Crippen LogP) is 3.14. The minimum absolute atomic E-state index is 0.0431. The van der Waals surface area contributed by atoms with Crippen LogP contribution in [0.1, 0.15) is 23.2 Å². The number of ketones is 1. The van der Waals surface area contributed by atoms with E-state index in [-0.39, 0.29) is 5.78 Å². The molecule has 2 heterocycles. The summed E-state index contributed by atoms with van der Waals surface area (Å²) >= 11 is 0. The fourth-order valence-corrected chi connectivity index (χ4v) is 1.83. The molecule has 1 N–H and O–H groups in total. The van der Waals surface area contributed by atoms with Crippen LogP contribution in [0.25, 0.3) is 11.6 Å². The summed E-state index contributed by atoms with van der Waals surface area (Å²) in [6.45, 7) is 1.93. The van der Waals surface area contributed by atoms with Crippen molar-refractivity contribution < 1.29 is 13.7 Å². The molecule has 3 aromatic rings. The monoisotopic (exact) mass is 283 g/mol. The molecule has 6 heteroatoms. The first-order valence-electron chi connectivity index (χ1n) is 6.44. The highest BCUT2D eigenvalue weighted by atomic mass is 16.5. The van der Waals surface area contributed by atoms with Crippen LogP contribution in [0.3, 0.4) is 0 Å². The second-order valence-electron chi connectivity index (χ2n) is 4.48. The lowest BCUT2D eigenvalue weighted by molar-refractivity contribution is 0.101. The summed E-state index contributed by atoms with van der Waals surface area (Å²) in [6, 6.07) is 10.7. The largest absolute Gasteiger partial charge is 0.461 e. The molecule has 0 atom stereocenters. The number of hydrogen-bond acceptors (Lipinski definition) is 6. The molecular formula is C15H13N3O3. The maximum absolute atomic E-state index is 11.2. The zero-order valence-electron chi connectivity index (χ0n) is 11.4. The molecule has 0 aliphatic heterocycles. The summed E-state index contributed by atoms with van der Waals surface area (Å²) in [4.78, 5) is 15.4. The van der Waals surface area contributed by atoms with E-state index >= 15 is 0 Å². The Morgan fingerprint density at radius 1 is 1.24 bits per heavy atom. The van der Waals surface area contributed by atoms with Gasteiger partial charge < -0.3 is 14.3 Å². The van der Waals surface area contributed by atoms with Crippen molar-refractivity contribution in [2.45, 2.75) is 13.5 Å². The first-order valence-corrected chi connectivity index (χ1v) is 6.44. The first-order chi connectivity index (χ1) is 10.2. The number of aromatic nitrogens is 2. The molecular weight excluding hydrogens is 270 g/mol. The van der Waals surface area contributed by atoms with E-state index in [2.05, 4.69) is 15.5 Å². The van der Waals surface area contributed by atoms with Crippen LogP contribution >= 0.6 is 0 Å². The van der Waals surface area contributed by atoms with Crippen molar-refractivity contribution in [1.29, 1.82) is 0 Å². The molecule has 0 radical (unpaired) electrons. The van der Waals surface area contributed by atoms with Crippen molar-refractivity contribution >= 4 is 11.5 Å². The quantitative estimate of drug-likeness (QED) is 0.724. The van der Waals surface area contributed by atoms with Crippen LogP contribution in [-0.2, 0) is 6.54 Å². The number of benzene rings is 1. The van der Waals surface area contributed by atoms with E-state index < -0.39 is 0 Å². The molecule has 1 aromatic carbocycles. The van der Waals surface area contributed by atoms with Gasteiger partial charge in [0.1, 0.15) is 0 Å². The molecule has 0 bridgehead atoms. The van der Waals surface area contributed by atoms with Crippen molar-refractivity contribution in [2.24, 2.45) is 0 Å². The number of anilines is 1. The Kier molecular flexibility index (Phi) is 3.51. The van der Waals surface area contributed by atoms with Crippen LogP contribution < -0.4 is 5.32 Å². The van der Waals surface area contributed by atoms with Crippen molar-refractivity contribution in [2.75, 3.05) is 5.32 Å². The molecule has 106 valence electrons. The second-order valence-corrected chi connectivity index (χ2v) is 4.48. The molecule has 6 nitrogen and oxygen atoms in total. The van der Waals surface area contributed by atoms with Crippen molar-refractivity contribution in [3.63, 3.8) is 0 Å². The number of rotatable bonds is 5. The standard InChI is InChI=1S/C15H13N3O3/c1-10(19)11-4-6-12(7-5-11)16-9-14-17-15(18-21-14)13-3-2-8-20-13/h2-8,16H,9H2,1H3. The van der Waals surface area contributed by atoms with Gasteiger partial charge >= 0.3 is 0 Å². The van der Waals surface area contributed by atoms with E-state index in [0.29, 0.717) is 29.6 Å². The number of hydrogen-bond donors (Lipinski definition) is 1. The number of furan rings is 1. The Balaban J connectivity index is 1.64. The third-order valence-corrected chi connectivity index (χ3v) is 2.94. The smallest absolute Gasteiger partial charge is 0.246 e. The van der Waals surface area contributed by atoms with Gasteiger partial charge in [-0.3, -0.25) is 4.79 Å². The van der Waals surface area contributed by atoms with Gasteiger partial charge in [-0.2, -0.15) is 4.98 Å². The van der Waals surface area contributed by atoms with Crippen LogP contribution in [-0.4, -0.2) is 15.9 Å². The van der Waals surface area contributed by atoms with Gasteiger partial charge in [0.25, 0.3) is 0 Å². The van der Waals surface area contributed by atoms with E-state index in [0.717, 1.165) is 5.69 Å². The highest BCUT2D eigenvalue weighted by molar-refractivity contribution is 5.94. The van der Waals surface area contributed by atoms with Crippen LogP contribution in [0.4, 0.5) is 5.69 Å². The molecule has 0 saturated carbocycles. The number of nitrogens with zero attached hydrogens (tertiary/aromatic N) is 2. The molecule has 2 aromatic heterocycles. The van der Waals surface area contributed by atoms with Gasteiger partial charge in [-0.1, -0.05) is 5.16 Å². The summed E-state index contributed by atoms with van der Waals surface area (Å²) in [5, 5.41) is 6.99. The van der Waals surface area contributed by atoms with Gasteiger partial charge in [-0.05, 0) is 43.3 Å². The zero-order chi connectivity index (χ0) is 14.7. The lowest BCUT2D eigenvalue weighted by Crippen LogP contribution is -2.00. The highest BCUT2D eigenvalue weighted by Gasteiger charge is 2.10. The van der Waals surface area contributed by atoms with E-state index in [1.807, 2.05) is 12.1 Å². The van der Waals surface area contributed by atoms with Crippen molar-refractivity contribution in [1.82, 2.24) is 10.1 Å². The lowest BCUT2D eigenvalue weighted by Gasteiger charge is -2.03. The van der Waals surface area contributed by atoms with Crippen LogP contribution in [0.2, 0.25) is 0 Å². The Morgan fingerprint density at radius 2 is 2.05 bits per heavy atom. The highest BCUT2D eigenvalue weighted by Crippen LogP contribution is 2.16. The molecule has 0 fully saturated rings. The Labute approximate surface area is 120 Å². The van der Waals surface area contributed by atoms with E-state index in [4.69, 9.17) is 8.94 Å². The molecule has 21 heavy (non-hydrogen) atoms. The summed E-state index contributed by atoms with van der Waals surface area (Å²) < 4.78 is 10.3. The zero-order valence-corrected chi connectivity index (χ0v) is 11.4. The van der Waals surface area contributed by atoms with Gasteiger partial charge in [-0.15, -0.1) is 0 Å². The van der Waals surface area contributed by atoms with Crippen molar-refractivity contribution in [3.05, 3.63) is 54.1 Å². The number of nitrogens with one attached hydrogen (secondary N) is 1. The van der Waals surface area contributed by atoms with Crippen molar-refractivity contribution in [3.8, 4) is 11.6 Å². The molecule has 0 aliphatic rings. The molecule has 0 amide bonds. The first kappa shape index (κ1) is 13.1. The molecule has 3 rings (SSSR count). The Bertz CT molecular complexity index is 730. The van der Waals surface area contributed by atoms with Crippen LogP contribution in [0, 0.1) is 0 Å². The maximum atomic E-state index is 11.2. The van der Waals surface area contributed by atoms with E-state index in [9.17, 15) is 4.79 Å². The SMILES string of the molecule is CC(=O)c1ccc(NCc2nc(-c3ccco3)no2)cc1. The number of carbonyl (C=O) groups is 1. The number of Topliss-reactive ketones (excluding diaryl/α,β-unsaturated/α-hetero) is 1. The molecule has 0 aliphatic carbocycles. The van der Waals surface area contributed by atoms with Gasteiger partial charge in [-0.25, -0.2) is 0 Å². The van der Waals surface area contributed by atoms with Gasteiger partial charge in [0.2, 0.25) is 11.7 Å². The topological polar surface area (TPSA) is 81.2 Å². The molecule has 0 saturated heterocycles. The summed E-state index contributed by atoms with van der Waals surface area (Å²) in [6.07, 6.45) is 1.56. The summed E-state index contributed by atoms with van der Waals surface area (Å²) in [5.74, 6) is 1.48. The minimum Gasteiger partial charge on any atom is -0.461 e. The number of carbonyl (C=O) groups excluding carboxylic acids is 1.